The Morgan fingerprint density at radius 1 is 1.28 bits per heavy atom. The van der Waals surface area contributed by atoms with E-state index in [1.807, 2.05) is 12.1 Å². The fourth-order valence-electron chi connectivity index (χ4n) is 1.90. The molecule has 1 unspecified atom stereocenters. The molecule has 1 N–H and O–H groups in total. The number of benzene rings is 1. The second kappa shape index (κ2) is 8.11. The topological polar surface area (TPSA) is 24.5 Å². The van der Waals surface area contributed by atoms with Crippen molar-refractivity contribution >= 4 is 0 Å². The zero-order valence-corrected chi connectivity index (χ0v) is 12.1. The highest BCUT2D eigenvalue weighted by atomic mass is 16.5. The van der Waals surface area contributed by atoms with Crippen LogP contribution < -0.4 is 10.1 Å². The summed E-state index contributed by atoms with van der Waals surface area (Å²) in [5, 5.41) is 3.55. The minimum atomic E-state index is 0.374. The molecule has 0 bridgehead atoms. The van der Waals surface area contributed by atoms with Crippen molar-refractivity contribution in [3.05, 3.63) is 29.8 Å². The van der Waals surface area contributed by atoms with E-state index < -0.39 is 0 Å². The standard InChI is InChI=1S/C15H26N2O/c1-13(16-10-5-6-11-17(2)3)14-8-7-9-15(12-14)18-4/h7-9,12-13,16H,5-6,10-11H2,1-4H3. The van der Waals surface area contributed by atoms with Crippen LogP contribution in [0.15, 0.2) is 24.3 Å². The van der Waals surface area contributed by atoms with Gasteiger partial charge in [-0.05, 0) is 64.6 Å². The maximum atomic E-state index is 5.24. The van der Waals surface area contributed by atoms with Crippen LogP contribution >= 0.6 is 0 Å². The van der Waals surface area contributed by atoms with Crippen molar-refractivity contribution < 1.29 is 4.74 Å². The molecule has 1 aromatic carbocycles. The van der Waals surface area contributed by atoms with Crippen molar-refractivity contribution in [2.24, 2.45) is 0 Å². The Morgan fingerprint density at radius 3 is 2.72 bits per heavy atom. The lowest BCUT2D eigenvalue weighted by atomic mass is 10.1. The van der Waals surface area contributed by atoms with Crippen molar-refractivity contribution in [1.82, 2.24) is 10.2 Å². The Bertz CT molecular complexity index is 339. The highest BCUT2D eigenvalue weighted by Gasteiger charge is 2.05. The first-order valence-electron chi connectivity index (χ1n) is 6.65. The number of hydrogen-bond donors (Lipinski definition) is 1. The van der Waals surface area contributed by atoms with Crippen LogP contribution in [-0.4, -0.2) is 39.2 Å². The minimum Gasteiger partial charge on any atom is -0.497 e. The van der Waals surface area contributed by atoms with Gasteiger partial charge in [0.15, 0.2) is 0 Å². The number of unbranched alkanes of at least 4 members (excludes halogenated alkanes) is 1. The average Bonchev–Trinajstić information content (AvgIpc) is 2.37. The SMILES string of the molecule is COc1cccc(C(C)NCCCCN(C)C)c1. The summed E-state index contributed by atoms with van der Waals surface area (Å²) in [5.74, 6) is 0.925. The third-order valence-corrected chi connectivity index (χ3v) is 3.08. The van der Waals surface area contributed by atoms with Gasteiger partial charge in [-0.2, -0.15) is 0 Å². The molecule has 0 aliphatic rings. The lowest BCUT2D eigenvalue weighted by molar-refractivity contribution is 0.389. The molecular formula is C15H26N2O. The predicted molar refractivity (Wildman–Crippen MR) is 77.2 cm³/mol. The molecule has 0 heterocycles. The van der Waals surface area contributed by atoms with Gasteiger partial charge in [0, 0.05) is 6.04 Å². The van der Waals surface area contributed by atoms with Crippen molar-refractivity contribution in [1.29, 1.82) is 0 Å². The third-order valence-electron chi connectivity index (χ3n) is 3.08. The van der Waals surface area contributed by atoms with E-state index in [1.165, 1.54) is 18.4 Å². The van der Waals surface area contributed by atoms with Crippen LogP contribution in [0, 0.1) is 0 Å². The molecule has 0 saturated heterocycles. The number of nitrogens with one attached hydrogen (secondary N) is 1. The third kappa shape index (κ3) is 5.52. The van der Waals surface area contributed by atoms with E-state index in [0.29, 0.717) is 6.04 Å². The van der Waals surface area contributed by atoms with Gasteiger partial charge < -0.3 is 15.0 Å². The molecule has 18 heavy (non-hydrogen) atoms. The van der Waals surface area contributed by atoms with Crippen molar-refractivity contribution in [2.75, 3.05) is 34.3 Å². The van der Waals surface area contributed by atoms with Crippen LogP contribution in [-0.2, 0) is 0 Å². The zero-order chi connectivity index (χ0) is 13.4. The molecule has 0 fully saturated rings. The fraction of sp³-hybridized carbons (Fsp3) is 0.600. The molecular weight excluding hydrogens is 224 g/mol. The van der Waals surface area contributed by atoms with E-state index >= 15 is 0 Å². The largest absolute Gasteiger partial charge is 0.497 e. The first kappa shape index (κ1) is 15.0. The summed E-state index contributed by atoms with van der Waals surface area (Å²) in [6.07, 6.45) is 2.46. The molecule has 1 atom stereocenters. The highest BCUT2D eigenvalue weighted by molar-refractivity contribution is 5.30. The molecule has 0 spiro atoms. The molecule has 0 saturated carbocycles. The summed E-state index contributed by atoms with van der Waals surface area (Å²) in [6.45, 7) is 4.42. The first-order valence-corrected chi connectivity index (χ1v) is 6.65. The number of methoxy groups -OCH3 is 1. The number of ether oxygens (including phenoxy) is 1. The molecule has 0 aliphatic heterocycles. The highest BCUT2D eigenvalue weighted by Crippen LogP contribution is 2.18. The monoisotopic (exact) mass is 250 g/mol. The molecule has 3 nitrogen and oxygen atoms in total. The molecule has 0 amide bonds. The Balaban J connectivity index is 2.29. The Morgan fingerprint density at radius 2 is 2.06 bits per heavy atom. The van der Waals surface area contributed by atoms with Crippen molar-refractivity contribution in [2.45, 2.75) is 25.8 Å². The lowest BCUT2D eigenvalue weighted by Crippen LogP contribution is -2.21. The molecule has 102 valence electrons. The maximum absolute atomic E-state index is 5.24. The van der Waals surface area contributed by atoms with E-state index in [1.54, 1.807) is 7.11 Å². The minimum absolute atomic E-state index is 0.374. The van der Waals surface area contributed by atoms with Gasteiger partial charge in [-0.15, -0.1) is 0 Å². The van der Waals surface area contributed by atoms with Gasteiger partial charge in [-0.1, -0.05) is 12.1 Å². The Labute approximate surface area is 111 Å². The summed E-state index contributed by atoms with van der Waals surface area (Å²) in [4.78, 5) is 2.23. The van der Waals surface area contributed by atoms with Gasteiger partial charge in [0.25, 0.3) is 0 Å². The van der Waals surface area contributed by atoms with Crippen LogP contribution in [0.1, 0.15) is 31.4 Å². The van der Waals surface area contributed by atoms with Gasteiger partial charge in [-0.3, -0.25) is 0 Å². The normalized spacial score (nSPS) is 12.7. The zero-order valence-electron chi connectivity index (χ0n) is 12.1. The van der Waals surface area contributed by atoms with Crippen LogP contribution in [0.3, 0.4) is 0 Å². The molecule has 1 aromatic rings. The fourth-order valence-corrected chi connectivity index (χ4v) is 1.90. The molecule has 0 aliphatic carbocycles. The van der Waals surface area contributed by atoms with Crippen LogP contribution in [0.4, 0.5) is 0 Å². The number of hydrogen-bond acceptors (Lipinski definition) is 3. The summed E-state index contributed by atoms with van der Waals surface area (Å²) in [5.41, 5.74) is 1.28. The van der Waals surface area contributed by atoms with Gasteiger partial charge in [0.1, 0.15) is 5.75 Å². The molecule has 0 aromatic heterocycles. The van der Waals surface area contributed by atoms with Crippen molar-refractivity contribution in [3.8, 4) is 5.75 Å². The Hall–Kier alpha value is -1.06. The molecule has 0 radical (unpaired) electrons. The van der Waals surface area contributed by atoms with Gasteiger partial charge in [0.2, 0.25) is 0 Å². The summed E-state index contributed by atoms with van der Waals surface area (Å²) in [6, 6.07) is 8.63. The summed E-state index contributed by atoms with van der Waals surface area (Å²) in [7, 11) is 5.94. The number of nitrogens with zero attached hydrogens (tertiary/aromatic N) is 1. The van der Waals surface area contributed by atoms with Gasteiger partial charge >= 0.3 is 0 Å². The summed E-state index contributed by atoms with van der Waals surface area (Å²) < 4.78 is 5.24. The quantitative estimate of drug-likeness (QED) is 0.718. The second-order valence-electron chi connectivity index (χ2n) is 4.96. The average molecular weight is 250 g/mol. The van der Waals surface area contributed by atoms with Crippen LogP contribution in [0.2, 0.25) is 0 Å². The molecule has 3 heteroatoms. The van der Waals surface area contributed by atoms with Crippen molar-refractivity contribution in [3.63, 3.8) is 0 Å². The van der Waals surface area contributed by atoms with Crippen LogP contribution in [0.5, 0.6) is 5.75 Å². The van der Waals surface area contributed by atoms with Crippen LogP contribution in [0.25, 0.3) is 0 Å². The number of rotatable bonds is 8. The lowest BCUT2D eigenvalue weighted by Gasteiger charge is -2.15. The van der Waals surface area contributed by atoms with E-state index in [2.05, 4.69) is 43.4 Å². The second-order valence-corrected chi connectivity index (χ2v) is 4.96. The van der Waals surface area contributed by atoms with Gasteiger partial charge in [-0.25, -0.2) is 0 Å². The first-order chi connectivity index (χ1) is 8.63. The van der Waals surface area contributed by atoms with E-state index in [-0.39, 0.29) is 0 Å². The van der Waals surface area contributed by atoms with E-state index in [4.69, 9.17) is 4.74 Å². The predicted octanol–water partition coefficient (Wildman–Crippen LogP) is 2.69. The Kier molecular flexibility index (Phi) is 6.76. The maximum Gasteiger partial charge on any atom is 0.119 e. The smallest absolute Gasteiger partial charge is 0.119 e. The summed E-state index contributed by atoms with van der Waals surface area (Å²) >= 11 is 0. The molecule has 1 rings (SSSR count). The van der Waals surface area contributed by atoms with Gasteiger partial charge in [0.05, 0.1) is 7.11 Å². The van der Waals surface area contributed by atoms with E-state index in [0.717, 1.165) is 18.8 Å². The van der Waals surface area contributed by atoms with E-state index in [9.17, 15) is 0 Å².